The molecule has 9 heteroatoms. The Kier molecular flexibility index (Phi) is 6.08. The summed E-state index contributed by atoms with van der Waals surface area (Å²) in [4.78, 5) is 32.3. The molecular weight excluding hydrogens is 282 g/mol. The summed E-state index contributed by atoms with van der Waals surface area (Å²) in [6.45, 7) is 0.657. The van der Waals surface area contributed by atoms with Crippen LogP contribution in [0, 0.1) is 10.1 Å². The molecular formula is C12H15N3O6. The maximum atomic E-state index is 11.4. The minimum Gasteiger partial charge on any atom is -0.477 e. The first kappa shape index (κ1) is 16.4. The number of carbonyl (C=O) groups excluding carboxylic acids is 1. The largest absolute Gasteiger partial charge is 0.477 e. The first-order chi connectivity index (χ1) is 9.95. The molecule has 0 aromatic heterocycles. The second kappa shape index (κ2) is 7.80. The fourth-order valence-corrected chi connectivity index (χ4v) is 1.51. The number of aromatic carboxylic acids is 1. The number of amides is 1. The van der Waals surface area contributed by atoms with Gasteiger partial charge in [-0.05, 0) is 12.1 Å². The van der Waals surface area contributed by atoms with Gasteiger partial charge >= 0.3 is 5.97 Å². The molecule has 0 atom stereocenters. The van der Waals surface area contributed by atoms with Crippen LogP contribution in [0.2, 0.25) is 0 Å². The number of nitrogens with one attached hydrogen (secondary N) is 2. The quantitative estimate of drug-likeness (QED) is 0.361. The van der Waals surface area contributed by atoms with Crippen molar-refractivity contribution in [1.82, 2.24) is 5.32 Å². The number of carbonyl (C=O) groups is 2. The second-order valence-electron chi connectivity index (χ2n) is 3.99. The van der Waals surface area contributed by atoms with Crippen molar-refractivity contribution in [2.24, 2.45) is 0 Å². The Hall–Kier alpha value is -2.68. The number of nitro benzene ring substituents is 1. The van der Waals surface area contributed by atoms with E-state index >= 15 is 0 Å². The van der Waals surface area contributed by atoms with E-state index in [2.05, 4.69) is 10.6 Å². The molecule has 0 unspecified atom stereocenters. The van der Waals surface area contributed by atoms with Gasteiger partial charge in [-0.15, -0.1) is 0 Å². The lowest BCUT2D eigenvalue weighted by Crippen LogP contribution is -2.32. The minimum absolute atomic E-state index is 0.0828. The van der Waals surface area contributed by atoms with Gasteiger partial charge in [0.1, 0.15) is 5.56 Å². The van der Waals surface area contributed by atoms with E-state index in [0.29, 0.717) is 18.8 Å². The Bertz CT molecular complexity index is 546. The highest BCUT2D eigenvalue weighted by molar-refractivity contribution is 5.93. The fraction of sp³-hybridized carbons (Fsp3) is 0.333. The van der Waals surface area contributed by atoms with E-state index in [1.165, 1.54) is 13.2 Å². The van der Waals surface area contributed by atoms with Gasteiger partial charge in [0.25, 0.3) is 5.69 Å². The molecule has 0 fully saturated rings. The molecule has 0 radical (unpaired) electrons. The summed E-state index contributed by atoms with van der Waals surface area (Å²) in [5, 5.41) is 24.9. The van der Waals surface area contributed by atoms with Crippen LogP contribution in [0.4, 0.5) is 11.4 Å². The molecule has 1 rings (SSSR count). The highest BCUT2D eigenvalue weighted by atomic mass is 16.6. The number of rotatable bonds is 8. The molecule has 0 saturated carbocycles. The van der Waals surface area contributed by atoms with Crippen LogP contribution < -0.4 is 10.6 Å². The van der Waals surface area contributed by atoms with Crippen LogP contribution in [-0.2, 0) is 9.53 Å². The molecule has 0 spiro atoms. The topological polar surface area (TPSA) is 131 Å². The molecule has 0 aliphatic heterocycles. The van der Waals surface area contributed by atoms with Gasteiger partial charge in [0.2, 0.25) is 5.91 Å². The Labute approximate surface area is 120 Å². The Morgan fingerprint density at radius 2 is 2.14 bits per heavy atom. The molecule has 1 aromatic rings. The predicted octanol–water partition coefficient (Wildman–Crippen LogP) is 0.468. The molecule has 0 bridgehead atoms. The normalized spacial score (nSPS) is 9.95. The average molecular weight is 297 g/mol. The summed E-state index contributed by atoms with van der Waals surface area (Å²) in [6.07, 6.45) is 0. The van der Waals surface area contributed by atoms with E-state index in [1.807, 2.05) is 0 Å². The van der Waals surface area contributed by atoms with Gasteiger partial charge in [0.05, 0.1) is 18.1 Å². The zero-order valence-corrected chi connectivity index (χ0v) is 11.3. The summed E-state index contributed by atoms with van der Waals surface area (Å²) in [7, 11) is 1.51. The zero-order valence-electron chi connectivity index (χ0n) is 11.3. The number of hydrogen-bond donors (Lipinski definition) is 3. The van der Waals surface area contributed by atoms with E-state index in [-0.39, 0.29) is 12.5 Å². The fourth-order valence-electron chi connectivity index (χ4n) is 1.51. The highest BCUT2D eigenvalue weighted by Crippen LogP contribution is 2.22. The first-order valence-electron chi connectivity index (χ1n) is 5.97. The van der Waals surface area contributed by atoms with E-state index in [1.54, 1.807) is 0 Å². The van der Waals surface area contributed by atoms with Gasteiger partial charge < -0.3 is 20.5 Å². The maximum Gasteiger partial charge on any atom is 0.342 e. The predicted molar refractivity (Wildman–Crippen MR) is 73.4 cm³/mol. The number of nitrogens with zero attached hydrogens (tertiary/aromatic N) is 1. The van der Waals surface area contributed by atoms with Crippen LogP contribution in [0.25, 0.3) is 0 Å². The van der Waals surface area contributed by atoms with Crippen molar-refractivity contribution in [3.05, 3.63) is 33.9 Å². The van der Waals surface area contributed by atoms with Crippen molar-refractivity contribution in [2.45, 2.75) is 0 Å². The number of methoxy groups -OCH3 is 1. The minimum atomic E-state index is -1.41. The molecule has 9 nitrogen and oxygen atoms in total. The van der Waals surface area contributed by atoms with Gasteiger partial charge in [-0.2, -0.15) is 0 Å². The van der Waals surface area contributed by atoms with Gasteiger partial charge in [0, 0.05) is 25.4 Å². The van der Waals surface area contributed by atoms with Crippen LogP contribution in [0.5, 0.6) is 0 Å². The summed E-state index contributed by atoms with van der Waals surface area (Å²) in [5.41, 5.74) is -0.637. The van der Waals surface area contributed by atoms with Crippen LogP contribution in [0.3, 0.4) is 0 Å². The van der Waals surface area contributed by atoms with Crippen LogP contribution >= 0.6 is 0 Å². The monoisotopic (exact) mass is 297 g/mol. The first-order valence-corrected chi connectivity index (χ1v) is 5.97. The van der Waals surface area contributed by atoms with Gasteiger partial charge in [-0.3, -0.25) is 14.9 Å². The van der Waals surface area contributed by atoms with E-state index in [0.717, 1.165) is 12.1 Å². The molecule has 0 aliphatic rings. The number of carboxylic acids is 1. The summed E-state index contributed by atoms with van der Waals surface area (Å²) < 4.78 is 4.77. The number of hydrogen-bond acceptors (Lipinski definition) is 6. The summed E-state index contributed by atoms with van der Waals surface area (Å²) >= 11 is 0. The van der Waals surface area contributed by atoms with Crippen LogP contribution in [0.1, 0.15) is 10.4 Å². The van der Waals surface area contributed by atoms with Crippen LogP contribution in [-0.4, -0.2) is 48.7 Å². The van der Waals surface area contributed by atoms with Crippen molar-refractivity contribution in [3.8, 4) is 0 Å². The molecule has 0 saturated heterocycles. The van der Waals surface area contributed by atoms with E-state index < -0.39 is 22.1 Å². The third-order valence-electron chi connectivity index (χ3n) is 2.51. The van der Waals surface area contributed by atoms with Crippen molar-refractivity contribution < 1.29 is 24.4 Å². The van der Waals surface area contributed by atoms with Crippen molar-refractivity contribution in [3.63, 3.8) is 0 Å². The number of ether oxygens (including phenoxy) is 1. The Morgan fingerprint density at radius 1 is 1.43 bits per heavy atom. The number of nitro groups is 1. The summed E-state index contributed by atoms with van der Waals surface area (Å²) in [6, 6.07) is 3.53. The van der Waals surface area contributed by atoms with Crippen LogP contribution in [0.15, 0.2) is 18.2 Å². The lowest BCUT2D eigenvalue weighted by Gasteiger charge is -2.08. The molecule has 0 heterocycles. The number of anilines is 1. The van der Waals surface area contributed by atoms with Crippen molar-refractivity contribution >= 4 is 23.3 Å². The number of carboxylic acid groups (broad SMARTS) is 1. The van der Waals surface area contributed by atoms with Crippen molar-refractivity contribution in [1.29, 1.82) is 0 Å². The third-order valence-corrected chi connectivity index (χ3v) is 2.51. The Morgan fingerprint density at radius 3 is 2.71 bits per heavy atom. The standard InChI is InChI=1S/C12H15N3O6/c1-21-5-4-13-11(16)7-14-8-2-3-10(15(19)20)9(6-8)12(17)18/h2-3,6,14H,4-5,7H2,1H3,(H,13,16)(H,17,18). The highest BCUT2D eigenvalue weighted by Gasteiger charge is 2.19. The van der Waals surface area contributed by atoms with Gasteiger partial charge in [-0.1, -0.05) is 0 Å². The zero-order chi connectivity index (χ0) is 15.8. The maximum absolute atomic E-state index is 11.4. The number of benzene rings is 1. The summed E-state index contributed by atoms with van der Waals surface area (Å²) in [5.74, 6) is -1.71. The van der Waals surface area contributed by atoms with Crippen molar-refractivity contribution in [2.75, 3.05) is 32.1 Å². The molecule has 3 N–H and O–H groups in total. The smallest absolute Gasteiger partial charge is 0.342 e. The molecule has 114 valence electrons. The molecule has 0 aliphatic carbocycles. The van der Waals surface area contributed by atoms with Gasteiger partial charge in [0.15, 0.2) is 0 Å². The average Bonchev–Trinajstić information content (AvgIpc) is 2.44. The second-order valence-corrected chi connectivity index (χ2v) is 3.99. The van der Waals surface area contributed by atoms with E-state index in [4.69, 9.17) is 9.84 Å². The van der Waals surface area contributed by atoms with E-state index in [9.17, 15) is 19.7 Å². The van der Waals surface area contributed by atoms with Gasteiger partial charge in [-0.25, -0.2) is 4.79 Å². The molecule has 21 heavy (non-hydrogen) atoms. The molecule has 1 aromatic carbocycles. The third kappa shape index (κ3) is 5.07. The SMILES string of the molecule is COCCNC(=O)CNc1ccc([N+](=O)[O-])c(C(=O)O)c1. The Balaban J connectivity index is 2.68. The lowest BCUT2D eigenvalue weighted by atomic mass is 10.1. The lowest BCUT2D eigenvalue weighted by molar-refractivity contribution is -0.385. The molecule has 1 amide bonds.